The molecule has 7 amide bonds. The molecule has 1 aliphatic heterocycles. The molecule has 0 saturated carbocycles. The van der Waals surface area contributed by atoms with Crippen molar-refractivity contribution in [3.05, 3.63) is 76.4 Å². The van der Waals surface area contributed by atoms with E-state index in [0.29, 0.717) is 24.8 Å². The topological polar surface area (TPSA) is 264 Å². The summed E-state index contributed by atoms with van der Waals surface area (Å²) in [6, 6.07) is 7.92. The molecule has 0 unspecified atom stereocenters. The molecule has 0 spiro atoms. The average molecular weight is 738 g/mol. The van der Waals surface area contributed by atoms with E-state index in [4.69, 9.17) is 20.9 Å². The van der Waals surface area contributed by atoms with Crippen molar-refractivity contribution in [3.63, 3.8) is 0 Å². The maximum atomic E-state index is 14.2. The van der Waals surface area contributed by atoms with Crippen molar-refractivity contribution in [2.45, 2.75) is 71.1 Å². The van der Waals surface area contributed by atoms with Gasteiger partial charge in [-0.3, -0.25) is 43.9 Å². The summed E-state index contributed by atoms with van der Waals surface area (Å²) in [6.07, 6.45) is 3.16. The number of hydrogen-bond donors (Lipinski definition) is 4. The number of imide groups is 1. The summed E-state index contributed by atoms with van der Waals surface area (Å²) in [4.78, 5) is 99.5. The van der Waals surface area contributed by atoms with Crippen LogP contribution in [-0.4, -0.2) is 76.7 Å². The summed E-state index contributed by atoms with van der Waals surface area (Å²) in [5.41, 5.74) is 11.5. The zero-order chi connectivity index (χ0) is 39.1. The number of nitrogens with two attached hydrogens (primary N) is 2. The van der Waals surface area contributed by atoms with Gasteiger partial charge in [0.15, 0.2) is 0 Å². The van der Waals surface area contributed by atoms with E-state index in [-0.39, 0.29) is 67.9 Å². The van der Waals surface area contributed by atoms with Crippen LogP contribution >= 0.6 is 0 Å². The van der Waals surface area contributed by atoms with Gasteiger partial charge in [0.1, 0.15) is 24.4 Å². The summed E-state index contributed by atoms with van der Waals surface area (Å²) in [5.74, 6) is -3.01. The molecule has 2 aromatic rings. The maximum Gasteiger partial charge on any atom is 0.514 e. The summed E-state index contributed by atoms with van der Waals surface area (Å²) in [6.45, 7) is 3.55. The number of carbonyl (C=O) groups excluding carboxylic acids is 7. The summed E-state index contributed by atoms with van der Waals surface area (Å²) in [5, 5.41) is 16.0. The maximum absolute atomic E-state index is 14.2. The van der Waals surface area contributed by atoms with Crippen molar-refractivity contribution in [2.24, 2.45) is 17.4 Å². The first-order valence-corrected chi connectivity index (χ1v) is 16.8. The molecule has 0 aliphatic carbocycles. The number of carbonyl (C=O) groups is 7. The molecule has 2 atom stereocenters. The van der Waals surface area contributed by atoms with Crippen molar-refractivity contribution in [2.75, 3.05) is 18.0 Å². The van der Waals surface area contributed by atoms with Crippen LogP contribution in [0.1, 0.15) is 57.9 Å². The number of rotatable bonds is 20. The summed E-state index contributed by atoms with van der Waals surface area (Å²) in [7, 11) is 0. The van der Waals surface area contributed by atoms with Crippen LogP contribution < -0.4 is 31.7 Å². The van der Waals surface area contributed by atoms with Crippen molar-refractivity contribution in [1.82, 2.24) is 15.5 Å². The highest BCUT2D eigenvalue weighted by atomic mass is 16.7. The number of nitrogens with one attached hydrogen (secondary N) is 2. The first kappa shape index (κ1) is 41.1. The normalized spacial score (nSPS) is 13.3. The van der Waals surface area contributed by atoms with Crippen molar-refractivity contribution >= 4 is 53.1 Å². The summed E-state index contributed by atoms with van der Waals surface area (Å²) >= 11 is 0. The van der Waals surface area contributed by atoms with Gasteiger partial charge in [-0.2, -0.15) is 0 Å². The number of nitrogens with zero attached hydrogens (tertiary/aromatic N) is 3. The molecule has 3 rings (SSSR count). The number of unbranched alkanes of at least 4 members (excludes halogenated alkanes) is 2. The molecule has 2 aromatic carbocycles. The number of amides is 7. The molecular weight excluding hydrogens is 694 g/mol. The quantitative estimate of drug-likeness (QED) is 0.0383. The van der Waals surface area contributed by atoms with Crippen LogP contribution in [0.4, 0.5) is 21.0 Å². The lowest BCUT2D eigenvalue weighted by Gasteiger charge is -2.34. The second kappa shape index (κ2) is 19.9. The van der Waals surface area contributed by atoms with Gasteiger partial charge in [-0.25, -0.2) is 9.59 Å². The minimum Gasteiger partial charge on any atom is -0.429 e. The number of nitro benzene ring substituents is 1. The Bertz CT molecular complexity index is 1680. The van der Waals surface area contributed by atoms with Gasteiger partial charge in [-0.05, 0) is 61.4 Å². The molecule has 0 fully saturated rings. The highest BCUT2D eigenvalue weighted by molar-refractivity contribution is 6.12. The standard InChI is InChI=1S/C35H43N7O11/c1-22(2)31(39-28(43)8-4-3-5-20-40-29(44)17-18-30(40)45)33(47)41(27(32(36)46)7-6-19-38-34(37)48)24-11-9-23(10-12-24)21-52-35(49)53-26-15-13-25(14-16-26)42(50)51/h9-18,22,27,31H,3-8,19-21H2,1-2H3,(H2,36,46)(H,39,43)(H3,37,38,48)/t27-,31-/m1/s1. The fourth-order valence-corrected chi connectivity index (χ4v) is 5.32. The fraction of sp³-hybridized carbons (Fsp3) is 0.400. The largest absolute Gasteiger partial charge is 0.514 e. The Morgan fingerprint density at radius 3 is 2.11 bits per heavy atom. The predicted octanol–water partition coefficient (Wildman–Crippen LogP) is 2.57. The fourth-order valence-electron chi connectivity index (χ4n) is 5.32. The van der Waals surface area contributed by atoms with Gasteiger partial charge in [0.2, 0.25) is 11.8 Å². The Hall–Kier alpha value is -6.33. The van der Waals surface area contributed by atoms with Crippen LogP contribution in [0.5, 0.6) is 5.75 Å². The Labute approximate surface area is 304 Å². The summed E-state index contributed by atoms with van der Waals surface area (Å²) < 4.78 is 10.2. The molecule has 0 radical (unpaired) electrons. The third-order valence-corrected chi connectivity index (χ3v) is 8.09. The molecule has 1 aliphatic rings. The molecule has 18 nitrogen and oxygen atoms in total. The number of non-ortho nitro benzene ring substituents is 1. The number of anilines is 1. The third-order valence-electron chi connectivity index (χ3n) is 8.09. The third kappa shape index (κ3) is 12.7. The number of hydrogen-bond acceptors (Lipinski definition) is 11. The van der Waals surface area contributed by atoms with E-state index in [2.05, 4.69) is 10.6 Å². The molecule has 0 bridgehead atoms. The number of benzene rings is 2. The molecule has 53 heavy (non-hydrogen) atoms. The zero-order valence-electron chi connectivity index (χ0n) is 29.4. The molecular formula is C35H43N7O11. The predicted molar refractivity (Wildman–Crippen MR) is 189 cm³/mol. The highest BCUT2D eigenvalue weighted by Crippen LogP contribution is 2.24. The van der Waals surface area contributed by atoms with Gasteiger partial charge in [-0.15, -0.1) is 0 Å². The second-order valence-corrected chi connectivity index (χ2v) is 12.4. The molecule has 6 N–H and O–H groups in total. The monoisotopic (exact) mass is 737 g/mol. The Morgan fingerprint density at radius 1 is 0.906 bits per heavy atom. The minimum absolute atomic E-state index is 0.0334. The van der Waals surface area contributed by atoms with Crippen molar-refractivity contribution in [1.29, 1.82) is 0 Å². The van der Waals surface area contributed by atoms with E-state index in [0.717, 1.165) is 4.90 Å². The average Bonchev–Trinajstić information content (AvgIpc) is 3.43. The molecule has 1 heterocycles. The SMILES string of the molecule is CC(C)[C@@H](NC(=O)CCCCCN1C(=O)C=CC1=O)C(=O)N(c1ccc(COC(=O)Oc2ccc([N+](=O)[O-])cc2)cc1)[C@H](CCCNC(N)=O)C(N)=O. The van der Waals surface area contributed by atoms with E-state index in [9.17, 15) is 43.7 Å². The van der Waals surface area contributed by atoms with Crippen LogP contribution in [0.2, 0.25) is 0 Å². The number of primary amides is 2. The van der Waals surface area contributed by atoms with E-state index >= 15 is 0 Å². The number of ether oxygens (including phenoxy) is 2. The Kier molecular flexibility index (Phi) is 15.4. The van der Waals surface area contributed by atoms with Gasteiger partial charge in [0, 0.05) is 49.5 Å². The minimum atomic E-state index is -1.19. The van der Waals surface area contributed by atoms with Crippen LogP contribution in [0.25, 0.3) is 0 Å². The second-order valence-electron chi connectivity index (χ2n) is 12.4. The lowest BCUT2D eigenvalue weighted by atomic mass is 9.99. The van der Waals surface area contributed by atoms with Gasteiger partial charge in [0.25, 0.3) is 23.4 Å². The van der Waals surface area contributed by atoms with Crippen molar-refractivity contribution < 1.29 is 48.0 Å². The van der Waals surface area contributed by atoms with Gasteiger partial charge in [0.05, 0.1) is 4.92 Å². The van der Waals surface area contributed by atoms with Gasteiger partial charge < -0.3 is 31.6 Å². The Balaban J connectivity index is 1.70. The molecule has 18 heteroatoms. The van der Waals surface area contributed by atoms with Crippen LogP contribution in [0, 0.1) is 16.0 Å². The van der Waals surface area contributed by atoms with Crippen LogP contribution in [0.15, 0.2) is 60.7 Å². The smallest absolute Gasteiger partial charge is 0.429 e. The van der Waals surface area contributed by atoms with Crippen molar-refractivity contribution in [3.8, 4) is 5.75 Å². The lowest BCUT2D eigenvalue weighted by molar-refractivity contribution is -0.384. The van der Waals surface area contributed by atoms with E-state index in [1.165, 1.54) is 53.5 Å². The van der Waals surface area contributed by atoms with Crippen LogP contribution in [0.3, 0.4) is 0 Å². The van der Waals surface area contributed by atoms with E-state index < -0.39 is 52.8 Å². The molecule has 0 saturated heterocycles. The van der Waals surface area contributed by atoms with Gasteiger partial charge >= 0.3 is 12.2 Å². The molecule has 284 valence electrons. The molecule has 0 aromatic heterocycles. The first-order chi connectivity index (χ1) is 25.2. The number of nitro groups is 1. The lowest BCUT2D eigenvalue weighted by Crippen LogP contribution is -2.57. The zero-order valence-corrected chi connectivity index (χ0v) is 29.4. The highest BCUT2D eigenvalue weighted by Gasteiger charge is 2.36. The van der Waals surface area contributed by atoms with E-state index in [1.54, 1.807) is 26.0 Å². The first-order valence-electron chi connectivity index (χ1n) is 16.8. The number of urea groups is 1. The van der Waals surface area contributed by atoms with Gasteiger partial charge in [-0.1, -0.05) is 32.4 Å². The Morgan fingerprint density at radius 2 is 1.55 bits per heavy atom. The van der Waals surface area contributed by atoms with Crippen LogP contribution in [-0.2, 0) is 35.3 Å². The van der Waals surface area contributed by atoms with E-state index in [1.807, 2.05) is 0 Å².